The molecule has 0 saturated heterocycles. The quantitative estimate of drug-likeness (QED) is 0.202. The van der Waals surface area contributed by atoms with Gasteiger partial charge in [0.05, 0.1) is 16.4 Å². The smallest absolute Gasteiger partial charge is 0.0713 e. The molecule has 2 heteroatoms. The Balaban J connectivity index is 1.11. The van der Waals surface area contributed by atoms with Crippen molar-refractivity contribution < 1.29 is 0 Å². The molecular weight excluding hydrogens is 593 g/mol. The average Bonchev–Trinajstić information content (AvgIpc) is 3.67. The first-order valence-corrected chi connectivity index (χ1v) is 16.9. The largest absolute Gasteiger partial charge is 0.355 e. The second kappa shape index (κ2) is 10.8. The standard InChI is InChI=1S/C47H32N2/c1-2-15-34(16-3-1)47(41-20-9-6-17-38(41)39-18-7-10-21-42(39)47)35-26-28-36(29-27-35)48-43-22-12-24-45-46(43)40-19-8-11-23-44(40)49(45)37-30-25-32-13-4-5-14-33(32)31-37/h1-31,48H. The van der Waals surface area contributed by atoms with E-state index in [1.165, 1.54) is 66.0 Å². The fourth-order valence-electron chi connectivity index (χ4n) is 8.39. The number of nitrogens with one attached hydrogen (secondary N) is 1. The third kappa shape index (κ3) is 4.07. The zero-order chi connectivity index (χ0) is 32.4. The van der Waals surface area contributed by atoms with Gasteiger partial charge >= 0.3 is 0 Å². The van der Waals surface area contributed by atoms with Crippen LogP contribution in [0.4, 0.5) is 11.4 Å². The number of aromatic nitrogens is 1. The summed E-state index contributed by atoms with van der Waals surface area (Å²) in [6.07, 6.45) is 0. The molecule has 230 valence electrons. The van der Waals surface area contributed by atoms with Gasteiger partial charge in [-0.25, -0.2) is 0 Å². The van der Waals surface area contributed by atoms with Crippen LogP contribution in [0.5, 0.6) is 0 Å². The summed E-state index contributed by atoms with van der Waals surface area (Å²) in [6, 6.07) is 68.5. The minimum atomic E-state index is -0.403. The third-order valence-corrected chi connectivity index (χ3v) is 10.4. The third-order valence-electron chi connectivity index (χ3n) is 10.4. The lowest BCUT2D eigenvalue weighted by molar-refractivity contribution is 0.768. The van der Waals surface area contributed by atoms with Gasteiger partial charge in [-0.1, -0.05) is 146 Å². The number of hydrogen-bond acceptors (Lipinski definition) is 1. The van der Waals surface area contributed by atoms with Crippen molar-refractivity contribution >= 4 is 44.0 Å². The number of para-hydroxylation sites is 1. The lowest BCUT2D eigenvalue weighted by Gasteiger charge is -2.34. The van der Waals surface area contributed by atoms with Gasteiger partial charge in [0.15, 0.2) is 0 Å². The van der Waals surface area contributed by atoms with Crippen molar-refractivity contribution in [3.63, 3.8) is 0 Å². The summed E-state index contributed by atoms with van der Waals surface area (Å²) in [5.74, 6) is 0. The summed E-state index contributed by atoms with van der Waals surface area (Å²) < 4.78 is 2.39. The van der Waals surface area contributed by atoms with Gasteiger partial charge in [-0.2, -0.15) is 0 Å². The van der Waals surface area contributed by atoms with Gasteiger partial charge in [0, 0.05) is 27.8 Å². The molecule has 2 nitrogen and oxygen atoms in total. The van der Waals surface area contributed by atoms with Crippen molar-refractivity contribution in [2.24, 2.45) is 0 Å². The molecule has 49 heavy (non-hydrogen) atoms. The summed E-state index contributed by atoms with van der Waals surface area (Å²) in [5, 5.41) is 8.76. The molecule has 1 N–H and O–H groups in total. The van der Waals surface area contributed by atoms with Crippen molar-refractivity contribution in [1.29, 1.82) is 0 Å². The van der Waals surface area contributed by atoms with Gasteiger partial charge < -0.3 is 9.88 Å². The highest BCUT2D eigenvalue weighted by Gasteiger charge is 2.45. The molecule has 0 bridgehead atoms. The highest BCUT2D eigenvalue weighted by atomic mass is 15.0. The lowest BCUT2D eigenvalue weighted by atomic mass is 9.68. The second-order valence-corrected chi connectivity index (χ2v) is 13.0. The molecule has 0 atom stereocenters. The first-order valence-electron chi connectivity index (χ1n) is 16.9. The Morgan fingerprint density at radius 1 is 0.429 bits per heavy atom. The molecule has 8 aromatic carbocycles. The summed E-state index contributed by atoms with van der Waals surface area (Å²) in [6.45, 7) is 0. The number of hydrogen-bond donors (Lipinski definition) is 1. The van der Waals surface area contributed by atoms with Gasteiger partial charge in [0.1, 0.15) is 0 Å². The van der Waals surface area contributed by atoms with Gasteiger partial charge in [-0.15, -0.1) is 0 Å². The molecule has 1 aromatic heterocycles. The summed E-state index contributed by atoms with van der Waals surface area (Å²) in [7, 11) is 0. The van der Waals surface area contributed by atoms with Crippen LogP contribution >= 0.6 is 0 Å². The van der Waals surface area contributed by atoms with Crippen LogP contribution in [0.1, 0.15) is 22.3 Å². The van der Waals surface area contributed by atoms with E-state index in [2.05, 4.69) is 198 Å². The van der Waals surface area contributed by atoms with Crippen LogP contribution in [0, 0.1) is 0 Å². The SMILES string of the molecule is c1ccc(C2(c3ccc(Nc4cccc5c4c4ccccc4n5-c4ccc5ccccc5c4)cc3)c3ccccc3-c3ccccc32)cc1. The van der Waals surface area contributed by atoms with Gasteiger partial charge in [0.2, 0.25) is 0 Å². The maximum atomic E-state index is 3.83. The van der Waals surface area contributed by atoms with Gasteiger partial charge in [0.25, 0.3) is 0 Å². The number of nitrogens with zero attached hydrogens (tertiary/aromatic N) is 1. The molecular formula is C47H32N2. The van der Waals surface area contributed by atoms with E-state index in [0.29, 0.717) is 0 Å². The summed E-state index contributed by atoms with van der Waals surface area (Å²) in [5.41, 5.74) is 13.1. The maximum Gasteiger partial charge on any atom is 0.0713 e. The predicted molar refractivity (Wildman–Crippen MR) is 205 cm³/mol. The van der Waals surface area contributed by atoms with E-state index in [-0.39, 0.29) is 0 Å². The van der Waals surface area contributed by atoms with E-state index in [9.17, 15) is 0 Å². The van der Waals surface area contributed by atoms with Crippen molar-refractivity contribution in [1.82, 2.24) is 4.57 Å². The molecule has 1 aliphatic rings. The van der Waals surface area contributed by atoms with Crippen molar-refractivity contribution in [3.05, 3.63) is 210 Å². The average molecular weight is 625 g/mol. The molecule has 0 fully saturated rings. The number of anilines is 2. The Bertz CT molecular complexity index is 2640. The Morgan fingerprint density at radius 3 is 1.82 bits per heavy atom. The monoisotopic (exact) mass is 624 g/mol. The maximum absolute atomic E-state index is 3.83. The zero-order valence-corrected chi connectivity index (χ0v) is 26.8. The van der Waals surface area contributed by atoms with Crippen molar-refractivity contribution in [2.75, 3.05) is 5.32 Å². The van der Waals surface area contributed by atoms with Crippen LogP contribution in [0.3, 0.4) is 0 Å². The Hall–Kier alpha value is -6.38. The molecule has 0 spiro atoms. The van der Waals surface area contributed by atoms with Crippen LogP contribution in [0.2, 0.25) is 0 Å². The van der Waals surface area contributed by atoms with Crippen LogP contribution < -0.4 is 5.32 Å². The van der Waals surface area contributed by atoms with E-state index >= 15 is 0 Å². The number of fused-ring (bicyclic) bond motifs is 7. The molecule has 0 aliphatic heterocycles. The molecule has 0 saturated carbocycles. The van der Waals surface area contributed by atoms with Crippen molar-refractivity contribution in [2.45, 2.75) is 5.41 Å². The normalized spacial score (nSPS) is 13.1. The molecule has 1 aliphatic carbocycles. The molecule has 10 rings (SSSR count). The van der Waals surface area contributed by atoms with E-state index in [4.69, 9.17) is 0 Å². The van der Waals surface area contributed by atoms with E-state index in [1.807, 2.05) is 0 Å². The first-order chi connectivity index (χ1) is 24.3. The lowest BCUT2D eigenvalue weighted by Crippen LogP contribution is -2.28. The highest BCUT2D eigenvalue weighted by molar-refractivity contribution is 6.15. The van der Waals surface area contributed by atoms with E-state index < -0.39 is 5.41 Å². The van der Waals surface area contributed by atoms with Gasteiger partial charge in [-0.3, -0.25) is 0 Å². The van der Waals surface area contributed by atoms with Crippen LogP contribution in [-0.4, -0.2) is 4.57 Å². The van der Waals surface area contributed by atoms with Crippen LogP contribution in [-0.2, 0) is 5.41 Å². The Morgan fingerprint density at radius 2 is 1.04 bits per heavy atom. The molecule has 0 radical (unpaired) electrons. The fraction of sp³-hybridized carbons (Fsp3) is 0.0213. The van der Waals surface area contributed by atoms with E-state index in [0.717, 1.165) is 17.1 Å². The Kier molecular flexibility index (Phi) is 6.13. The van der Waals surface area contributed by atoms with Crippen molar-refractivity contribution in [3.8, 4) is 16.8 Å². The van der Waals surface area contributed by atoms with Gasteiger partial charge in [-0.05, 0) is 86.6 Å². The zero-order valence-electron chi connectivity index (χ0n) is 26.8. The highest BCUT2D eigenvalue weighted by Crippen LogP contribution is 2.56. The summed E-state index contributed by atoms with van der Waals surface area (Å²) >= 11 is 0. The number of benzene rings is 8. The molecule has 0 amide bonds. The molecule has 1 heterocycles. The minimum absolute atomic E-state index is 0.403. The van der Waals surface area contributed by atoms with E-state index in [1.54, 1.807) is 0 Å². The molecule has 0 unspecified atom stereocenters. The fourth-order valence-corrected chi connectivity index (χ4v) is 8.39. The Labute approximate surface area is 285 Å². The second-order valence-electron chi connectivity index (χ2n) is 13.0. The topological polar surface area (TPSA) is 17.0 Å². The minimum Gasteiger partial charge on any atom is -0.355 e. The van der Waals surface area contributed by atoms with Crippen LogP contribution in [0.25, 0.3) is 49.4 Å². The number of rotatable bonds is 5. The molecule has 9 aromatic rings. The predicted octanol–water partition coefficient (Wildman–Crippen LogP) is 12.0. The summed E-state index contributed by atoms with van der Waals surface area (Å²) in [4.78, 5) is 0. The first kappa shape index (κ1) is 27.7. The van der Waals surface area contributed by atoms with Crippen LogP contribution in [0.15, 0.2) is 188 Å².